The van der Waals surface area contributed by atoms with E-state index in [9.17, 15) is 18.0 Å². The molecule has 1 saturated carbocycles. The summed E-state index contributed by atoms with van der Waals surface area (Å²) < 4.78 is 32.4. The van der Waals surface area contributed by atoms with Crippen LogP contribution >= 0.6 is 0 Å². The van der Waals surface area contributed by atoms with Crippen molar-refractivity contribution in [2.24, 2.45) is 5.92 Å². The molecule has 160 valence electrons. The van der Waals surface area contributed by atoms with Crippen LogP contribution in [-0.2, 0) is 19.6 Å². The van der Waals surface area contributed by atoms with Gasteiger partial charge in [0.2, 0.25) is 0 Å². The standard InChI is InChI=1S/C22H26N2O5S/c1-16-7-11-18(12-8-16)23-21(25)15-29-22(26)17-9-13-20(14-10-17)30(27,28)24-19-5-3-2-4-6-19/h2-6,9-10,13-14,16,18,24H,7-8,11-12,15H2,1H3,(H,23,25). The second-order valence-corrected chi connectivity index (χ2v) is 9.28. The van der Waals surface area contributed by atoms with E-state index in [1.807, 2.05) is 0 Å². The number of anilines is 1. The molecule has 30 heavy (non-hydrogen) atoms. The Hall–Kier alpha value is -2.87. The third-order valence-electron chi connectivity index (χ3n) is 5.14. The molecule has 0 bridgehead atoms. The minimum Gasteiger partial charge on any atom is -0.452 e. The Bertz CT molecular complexity index is 966. The minimum atomic E-state index is -3.77. The summed E-state index contributed by atoms with van der Waals surface area (Å²) in [5.74, 6) is -0.317. The summed E-state index contributed by atoms with van der Waals surface area (Å²) in [6, 6.07) is 14.0. The van der Waals surface area contributed by atoms with Gasteiger partial charge in [-0.3, -0.25) is 9.52 Å². The monoisotopic (exact) mass is 430 g/mol. The van der Waals surface area contributed by atoms with E-state index in [4.69, 9.17) is 4.74 Å². The number of carbonyl (C=O) groups is 2. The molecule has 1 amide bonds. The summed E-state index contributed by atoms with van der Waals surface area (Å²) in [5, 5.41) is 2.89. The highest BCUT2D eigenvalue weighted by molar-refractivity contribution is 7.92. The molecule has 8 heteroatoms. The van der Waals surface area contributed by atoms with Crippen molar-refractivity contribution >= 4 is 27.6 Å². The lowest BCUT2D eigenvalue weighted by Gasteiger charge is -2.26. The van der Waals surface area contributed by atoms with Gasteiger partial charge in [-0.05, 0) is 68.0 Å². The van der Waals surface area contributed by atoms with E-state index in [2.05, 4.69) is 17.0 Å². The van der Waals surface area contributed by atoms with Gasteiger partial charge in [0, 0.05) is 11.7 Å². The summed E-state index contributed by atoms with van der Waals surface area (Å²) >= 11 is 0. The first-order chi connectivity index (χ1) is 14.3. The van der Waals surface area contributed by atoms with E-state index in [0.717, 1.165) is 25.7 Å². The van der Waals surface area contributed by atoms with Crippen molar-refractivity contribution in [1.29, 1.82) is 0 Å². The van der Waals surface area contributed by atoms with Gasteiger partial charge in [0.1, 0.15) is 0 Å². The second kappa shape index (κ2) is 9.75. The molecule has 2 N–H and O–H groups in total. The summed E-state index contributed by atoms with van der Waals surface area (Å²) in [6.45, 7) is 1.84. The quantitative estimate of drug-likeness (QED) is 0.656. The lowest BCUT2D eigenvalue weighted by Crippen LogP contribution is -2.39. The van der Waals surface area contributed by atoms with Crippen LogP contribution in [0.25, 0.3) is 0 Å². The van der Waals surface area contributed by atoms with E-state index in [1.54, 1.807) is 30.3 Å². The number of carbonyl (C=O) groups excluding carboxylic acids is 2. The first-order valence-corrected chi connectivity index (χ1v) is 11.5. The van der Waals surface area contributed by atoms with Crippen LogP contribution in [0.2, 0.25) is 0 Å². The molecule has 0 radical (unpaired) electrons. The van der Waals surface area contributed by atoms with Crippen molar-refractivity contribution in [3.05, 3.63) is 60.2 Å². The van der Waals surface area contributed by atoms with Gasteiger partial charge >= 0.3 is 5.97 Å². The second-order valence-electron chi connectivity index (χ2n) is 7.60. The van der Waals surface area contributed by atoms with Crippen LogP contribution in [0.5, 0.6) is 0 Å². The number of amides is 1. The number of esters is 1. The van der Waals surface area contributed by atoms with E-state index in [0.29, 0.717) is 11.6 Å². The third kappa shape index (κ3) is 6.06. The number of para-hydroxylation sites is 1. The number of sulfonamides is 1. The van der Waals surface area contributed by atoms with Crippen molar-refractivity contribution in [3.8, 4) is 0 Å². The van der Waals surface area contributed by atoms with Gasteiger partial charge in [0.15, 0.2) is 6.61 Å². The Morgan fingerprint density at radius 3 is 2.23 bits per heavy atom. The van der Waals surface area contributed by atoms with Crippen LogP contribution in [0.15, 0.2) is 59.5 Å². The normalized spacial score (nSPS) is 19.0. The molecule has 3 rings (SSSR count). The molecule has 0 heterocycles. The molecule has 0 aliphatic heterocycles. The first-order valence-electron chi connectivity index (χ1n) is 9.98. The number of rotatable bonds is 7. The maximum Gasteiger partial charge on any atom is 0.338 e. The topological polar surface area (TPSA) is 102 Å². The van der Waals surface area contributed by atoms with Crippen molar-refractivity contribution in [3.63, 3.8) is 0 Å². The fourth-order valence-corrected chi connectivity index (χ4v) is 4.44. The fraction of sp³-hybridized carbons (Fsp3) is 0.364. The Balaban J connectivity index is 1.51. The van der Waals surface area contributed by atoms with Gasteiger partial charge in [-0.1, -0.05) is 25.1 Å². The van der Waals surface area contributed by atoms with E-state index in [-0.39, 0.29) is 29.0 Å². The highest BCUT2D eigenvalue weighted by Gasteiger charge is 2.21. The zero-order valence-electron chi connectivity index (χ0n) is 16.8. The lowest BCUT2D eigenvalue weighted by molar-refractivity contribution is -0.125. The van der Waals surface area contributed by atoms with Crippen molar-refractivity contribution in [2.45, 2.75) is 43.5 Å². The average Bonchev–Trinajstić information content (AvgIpc) is 2.74. The molecule has 0 unspecified atom stereocenters. The summed E-state index contributed by atoms with van der Waals surface area (Å²) in [5.41, 5.74) is 0.618. The van der Waals surface area contributed by atoms with Crippen LogP contribution in [0, 0.1) is 5.92 Å². The molecule has 0 spiro atoms. The van der Waals surface area contributed by atoms with Gasteiger partial charge in [0.25, 0.3) is 15.9 Å². The van der Waals surface area contributed by atoms with Crippen LogP contribution in [0.3, 0.4) is 0 Å². The van der Waals surface area contributed by atoms with Crippen LogP contribution in [0.1, 0.15) is 43.0 Å². The molecule has 0 saturated heterocycles. The minimum absolute atomic E-state index is 0.0205. The van der Waals surface area contributed by atoms with Gasteiger partial charge in [-0.15, -0.1) is 0 Å². The number of ether oxygens (including phenoxy) is 1. The predicted molar refractivity (Wildman–Crippen MR) is 114 cm³/mol. The first kappa shape index (κ1) is 21.8. The number of hydrogen-bond acceptors (Lipinski definition) is 5. The van der Waals surface area contributed by atoms with Crippen LogP contribution < -0.4 is 10.0 Å². The Morgan fingerprint density at radius 2 is 1.60 bits per heavy atom. The smallest absolute Gasteiger partial charge is 0.338 e. The van der Waals surface area contributed by atoms with E-state index < -0.39 is 16.0 Å². The highest BCUT2D eigenvalue weighted by Crippen LogP contribution is 2.23. The summed E-state index contributed by atoms with van der Waals surface area (Å²) in [4.78, 5) is 24.2. The molecule has 1 aliphatic rings. The predicted octanol–water partition coefficient (Wildman–Crippen LogP) is 3.34. The third-order valence-corrected chi connectivity index (χ3v) is 6.54. The zero-order chi connectivity index (χ0) is 21.6. The molecule has 2 aromatic rings. The molecule has 0 aromatic heterocycles. The maximum atomic E-state index is 12.4. The average molecular weight is 431 g/mol. The molecule has 1 fully saturated rings. The lowest BCUT2D eigenvalue weighted by atomic mass is 9.87. The Labute approximate surface area is 176 Å². The molecular weight excluding hydrogens is 404 g/mol. The molecule has 1 aliphatic carbocycles. The van der Waals surface area contributed by atoms with E-state index >= 15 is 0 Å². The number of benzene rings is 2. The van der Waals surface area contributed by atoms with Gasteiger partial charge in [0.05, 0.1) is 10.5 Å². The fourth-order valence-electron chi connectivity index (χ4n) is 3.38. The Kier molecular flexibility index (Phi) is 7.10. The van der Waals surface area contributed by atoms with Crippen LogP contribution in [-0.4, -0.2) is 32.9 Å². The van der Waals surface area contributed by atoms with Crippen molar-refractivity contribution < 1.29 is 22.7 Å². The summed E-state index contributed by atoms with van der Waals surface area (Å²) in [6.07, 6.45) is 4.04. The van der Waals surface area contributed by atoms with E-state index in [1.165, 1.54) is 24.3 Å². The Morgan fingerprint density at radius 1 is 0.967 bits per heavy atom. The number of hydrogen-bond donors (Lipinski definition) is 2. The van der Waals surface area contributed by atoms with Crippen LogP contribution in [0.4, 0.5) is 5.69 Å². The van der Waals surface area contributed by atoms with Crippen molar-refractivity contribution in [2.75, 3.05) is 11.3 Å². The molecule has 7 nitrogen and oxygen atoms in total. The van der Waals surface area contributed by atoms with Gasteiger partial charge in [-0.25, -0.2) is 13.2 Å². The zero-order valence-corrected chi connectivity index (χ0v) is 17.7. The number of nitrogens with one attached hydrogen (secondary N) is 2. The van der Waals surface area contributed by atoms with Crippen molar-refractivity contribution in [1.82, 2.24) is 5.32 Å². The molecule has 0 atom stereocenters. The maximum absolute atomic E-state index is 12.4. The summed E-state index contributed by atoms with van der Waals surface area (Å²) in [7, 11) is -3.77. The molecular formula is C22H26N2O5S. The molecule has 2 aromatic carbocycles. The SMILES string of the molecule is CC1CCC(NC(=O)COC(=O)c2ccc(S(=O)(=O)Nc3ccccc3)cc2)CC1. The largest absolute Gasteiger partial charge is 0.452 e. The highest BCUT2D eigenvalue weighted by atomic mass is 32.2. The van der Waals surface area contributed by atoms with Gasteiger partial charge in [-0.2, -0.15) is 0 Å². The van der Waals surface area contributed by atoms with Gasteiger partial charge < -0.3 is 10.1 Å².